The topological polar surface area (TPSA) is 55.1 Å². The number of nitrogens with two attached hydrogens (primary N) is 1. The third-order valence-electron chi connectivity index (χ3n) is 2.52. The van der Waals surface area contributed by atoms with Crippen molar-refractivity contribution in [2.24, 2.45) is 0 Å². The van der Waals surface area contributed by atoms with Crippen LogP contribution in [0.15, 0.2) is 46.9 Å². The fraction of sp³-hybridized carbons (Fsp3) is 0.0714. The number of carbonyl (C=O) groups is 1. The van der Waals surface area contributed by atoms with Crippen LogP contribution in [0.25, 0.3) is 0 Å². The zero-order valence-corrected chi connectivity index (χ0v) is 12.3. The van der Waals surface area contributed by atoms with Crippen LogP contribution < -0.4 is 11.1 Å². The van der Waals surface area contributed by atoms with Crippen LogP contribution >= 0.6 is 27.5 Å². The monoisotopic (exact) mass is 338 g/mol. The summed E-state index contributed by atoms with van der Waals surface area (Å²) in [7, 11) is 0. The molecule has 3 nitrogen and oxygen atoms in total. The van der Waals surface area contributed by atoms with E-state index < -0.39 is 0 Å². The molecule has 1 amide bonds. The number of hydrogen-bond donors (Lipinski definition) is 2. The van der Waals surface area contributed by atoms with E-state index in [4.69, 9.17) is 17.3 Å². The molecule has 0 unspecified atom stereocenters. The summed E-state index contributed by atoms with van der Waals surface area (Å²) in [6, 6.07) is 12.6. The first-order valence-electron chi connectivity index (χ1n) is 5.64. The Morgan fingerprint density at radius 1 is 1.26 bits per heavy atom. The van der Waals surface area contributed by atoms with E-state index in [1.54, 1.807) is 18.2 Å². The van der Waals surface area contributed by atoms with Gasteiger partial charge in [-0.05, 0) is 35.9 Å². The van der Waals surface area contributed by atoms with E-state index >= 15 is 0 Å². The quantitative estimate of drug-likeness (QED) is 0.834. The highest BCUT2D eigenvalue weighted by Gasteiger charge is 2.07. The average molecular weight is 340 g/mol. The van der Waals surface area contributed by atoms with Gasteiger partial charge in [-0.25, -0.2) is 0 Å². The second-order valence-corrected chi connectivity index (χ2v) is 5.42. The highest BCUT2D eigenvalue weighted by molar-refractivity contribution is 9.10. The van der Waals surface area contributed by atoms with Crippen molar-refractivity contribution in [1.29, 1.82) is 0 Å². The summed E-state index contributed by atoms with van der Waals surface area (Å²) in [4.78, 5) is 11.9. The maximum absolute atomic E-state index is 11.9. The molecule has 0 spiro atoms. The van der Waals surface area contributed by atoms with Crippen molar-refractivity contribution in [2.75, 3.05) is 11.1 Å². The predicted octanol–water partition coefficient (Wildman–Crippen LogP) is 3.87. The zero-order valence-electron chi connectivity index (χ0n) is 9.99. The van der Waals surface area contributed by atoms with Crippen molar-refractivity contribution in [3.8, 4) is 0 Å². The van der Waals surface area contributed by atoms with E-state index in [0.717, 1.165) is 10.0 Å². The van der Waals surface area contributed by atoms with Gasteiger partial charge in [0.25, 0.3) is 0 Å². The summed E-state index contributed by atoms with van der Waals surface area (Å²) in [5.41, 5.74) is 7.66. The lowest BCUT2D eigenvalue weighted by Crippen LogP contribution is -2.14. The van der Waals surface area contributed by atoms with Gasteiger partial charge >= 0.3 is 0 Å². The van der Waals surface area contributed by atoms with Gasteiger partial charge in [0.1, 0.15) is 0 Å². The Morgan fingerprint density at radius 3 is 2.74 bits per heavy atom. The molecule has 0 atom stereocenters. The summed E-state index contributed by atoms with van der Waals surface area (Å²) in [5, 5.41) is 3.20. The summed E-state index contributed by atoms with van der Waals surface area (Å²) >= 11 is 9.37. The second-order valence-electron chi connectivity index (χ2n) is 4.09. The molecule has 5 heteroatoms. The van der Waals surface area contributed by atoms with Crippen molar-refractivity contribution >= 4 is 44.8 Å². The van der Waals surface area contributed by atoms with Crippen LogP contribution in [0.1, 0.15) is 5.56 Å². The normalized spacial score (nSPS) is 10.2. The van der Waals surface area contributed by atoms with Crippen molar-refractivity contribution in [3.63, 3.8) is 0 Å². The van der Waals surface area contributed by atoms with Gasteiger partial charge in [-0.2, -0.15) is 0 Å². The first-order chi connectivity index (χ1) is 9.04. The number of nitrogen functional groups attached to an aromatic ring is 1. The van der Waals surface area contributed by atoms with Gasteiger partial charge in [-0.1, -0.05) is 39.7 Å². The Kier molecular flexibility index (Phi) is 4.45. The Bertz CT molecular complexity index is 616. The number of benzene rings is 2. The number of halogens is 2. The molecule has 0 saturated carbocycles. The highest BCUT2D eigenvalue weighted by Crippen LogP contribution is 2.24. The Labute approximate surface area is 124 Å². The van der Waals surface area contributed by atoms with Crippen LogP contribution in [0.4, 0.5) is 11.4 Å². The van der Waals surface area contributed by atoms with Gasteiger partial charge in [0.15, 0.2) is 0 Å². The first-order valence-corrected chi connectivity index (χ1v) is 6.81. The zero-order chi connectivity index (χ0) is 13.8. The van der Waals surface area contributed by atoms with Crippen LogP contribution in [0.5, 0.6) is 0 Å². The molecule has 2 aromatic rings. The SMILES string of the molecule is Nc1ccc(NC(=O)Cc2cccc(Br)c2)c(Cl)c1. The summed E-state index contributed by atoms with van der Waals surface area (Å²) in [6.45, 7) is 0. The van der Waals surface area contributed by atoms with Crippen molar-refractivity contribution in [3.05, 3.63) is 57.5 Å². The van der Waals surface area contributed by atoms with E-state index in [9.17, 15) is 4.79 Å². The molecule has 19 heavy (non-hydrogen) atoms. The van der Waals surface area contributed by atoms with Crippen molar-refractivity contribution in [2.45, 2.75) is 6.42 Å². The van der Waals surface area contributed by atoms with Gasteiger partial charge in [-0.3, -0.25) is 4.79 Å². The number of amides is 1. The summed E-state index contributed by atoms with van der Waals surface area (Å²) in [6.07, 6.45) is 0.292. The number of hydrogen-bond acceptors (Lipinski definition) is 2. The molecule has 3 N–H and O–H groups in total. The average Bonchev–Trinajstić information content (AvgIpc) is 2.33. The minimum absolute atomic E-state index is 0.121. The van der Waals surface area contributed by atoms with Crippen LogP contribution in [-0.4, -0.2) is 5.91 Å². The lowest BCUT2D eigenvalue weighted by Gasteiger charge is -2.08. The second kappa shape index (κ2) is 6.08. The first kappa shape index (κ1) is 13.9. The van der Waals surface area contributed by atoms with Crippen LogP contribution in [-0.2, 0) is 11.2 Å². The molecule has 98 valence electrons. The maximum Gasteiger partial charge on any atom is 0.228 e. The molecule has 2 aromatic carbocycles. The largest absolute Gasteiger partial charge is 0.399 e. The third kappa shape index (κ3) is 3.98. The van der Waals surface area contributed by atoms with Crippen LogP contribution in [0, 0.1) is 0 Å². The van der Waals surface area contributed by atoms with E-state index in [0.29, 0.717) is 22.8 Å². The summed E-state index contributed by atoms with van der Waals surface area (Å²) < 4.78 is 0.948. The molecule has 0 aliphatic rings. The van der Waals surface area contributed by atoms with Crippen LogP contribution in [0.3, 0.4) is 0 Å². The smallest absolute Gasteiger partial charge is 0.228 e. The molecule has 0 aromatic heterocycles. The molecular weight excluding hydrogens is 328 g/mol. The van der Waals surface area contributed by atoms with E-state index in [-0.39, 0.29) is 5.91 Å². The predicted molar refractivity (Wildman–Crippen MR) is 82.3 cm³/mol. The summed E-state index contributed by atoms with van der Waals surface area (Å²) in [5.74, 6) is -0.121. The molecule has 0 saturated heterocycles. The van der Waals surface area contributed by atoms with Gasteiger partial charge in [0.2, 0.25) is 5.91 Å². The Morgan fingerprint density at radius 2 is 2.05 bits per heavy atom. The van der Waals surface area contributed by atoms with Crippen LogP contribution in [0.2, 0.25) is 5.02 Å². The highest BCUT2D eigenvalue weighted by atomic mass is 79.9. The van der Waals surface area contributed by atoms with E-state index in [1.165, 1.54) is 0 Å². The third-order valence-corrected chi connectivity index (χ3v) is 3.33. The van der Waals surface area contributed by atoms with E-state index in [1.807, 2.05) is 24.3 Å². The molecule has 0 aliphatic heterocycles. The van der Waals surface area contributed by atoms with Gasteiger partial charge in [0, 0.05) is 10.2 Å². The van der Waals surface area contributed by atoms with Gasteiger partial charge in [0.05, 0.1) is 17.1 Å². The standard InChI is InChI=1S/C14H12BrClN2O/c15-10-3-1-2-9(6-10)7-14(19)18-13-5-4-11(17)8-12(13)16/h1-6,8H,7,17H2,(H,18,19). The maximum atomic E-state index is 11.9. The molecule has 0 fully saturated rings. The van der Waals surface area contributed by atoms with Crippen molar-refractivity contribution < 1.29 is 4.79 Å². The molecule has 0 heterocycles. The van der Waals surface area contributed by atoms with E-state index in [2.05, 4.69) is 21.2 Å². The van der Waals surface area contributed by atoms with Gasteiger partial charge in [-0.15, -0.1) is 0 Å². The number of rotatable bonds is 3. The van der Waals surface area contributed by atoms with Gasteiger partial charge < -0.3 is 11.1 Å². The Balaban J connectivity index is 2.05. The molecular formula is C14H12BrClN2O. The van der Waals surface area contributed by atoms with Crippen molar-refractivity contribution in [1.82, 2.24) is 0 Å². The lowest BCUT2D eigenvalue weighted by atomic mass is 10.1. The molecule has 0 bridgehead atoms. The molecule has 0 radical (unpaired) electrons. The minimum Gasteiger partial charge on any atom is -0.399 e. The number of carbonyl (C=O) groups excluding carboxylic acids is 1. The molecule has 0 aliphatic carbocycles. The Hall–Kier alpha value is -1.52. The minimum atomic E-state index is -0.121. The molecule has 2 rings (SSSR count). The number of anilines is 2. The number of nitrogens with one attached hydrogen (secondary N) is 1. The fourth-order valence-corrected chi connectivity index (χ4v) is 2.34. The fourth-order valence-electron chi connectivity index (χ4n) is 1.66. The lowest BCUT2D eigenvalue weighted by molar-refractivity contribution is -0.115.